The number of terminal acetylenes is 2. The van der Waals surface area contributed by atoms with Gasteiger partial charge in [0.2, 0.25) is 0 Å². The molecule has 606 valence electrons. The van der Waals surface area contributed by atoms with Crippen LogP contribution in [0.5, 0.6) is 0 Å². The summed E-state index contributed by atoms with van der Waals surface area (Å²) in [5.41, 5.74) is -5.86. The topological polar surface area (TPSA) is 723 Å². The van der Waals surface area contributed by atoms with E-state index in [4.69, 9.17) is 19.6 Å². The fourth-order valence-electron chi connectivity index (χ4n) is 2.20. The van der Waals surface area contributed by atoms with E-state index in [0.717, 1.165) is 17.0 Å². The van der Waals surface area contributed by atoms with Crippen LogP contribution in [0.2, 0.25) is 0 Å². The number of nitrogens with one attached hydrogen (secondary N) is 9. The zero-order valence-electron chi connectivity index (χ0n) is 46.3. The van der Waals surface area contributed by atoms with E-state index in [0.29, 0.717) is 29.2 Å². The van der Waals surface area contributed by atoms with E-state index in [9.17, 15) is 195 Å². The largest absolute Gasteiger partial charge is 0.512 e. The van der Waals surface area contributed by atoms with E-state index in [2.05, 4.69) is 52.1 Å². The molecule has 0 aromatic rings. The van der Waals surface area contributed by atoms with Gasteiger partial charge >= 0.3 is 172 Å². The standard InChI is InChI=1S/C3H9F2NO4P2.C3H7F2NO4P2.C3H5F2NO4P2.C3H6FNO5S2.C3H4FNO5S2.CHF4NO4S2.CH4FNO5S2.F3H2NO3P2.F2HNO4S2/c1-3(2)10-12(5,9)6-11(4,7)8;2*1-2-3-10-12(5,9)6-11(4,7)8;2*1-2-3-10-12(8,9)5-11(4,6)7;2-1(3,4)11(7,8)6-12(5,9)10;1-8-10(6,7)3-9(2,4)5;1-8(2,5)4-9(3,6)7;1-8(4,5)3-9(2,6)7/h3H,1-2H3,(H2,6,7,8,9);2H,1,3H2,(H2,6,7,8,9);1H,3H2,(H2,6,7,8,9);2,5H,1,3H2;1,5H,3H2;6H;3H,1H3;(H2,4,5,6,7);3H. The predicted octanol–water partition coefficient (Wildman–Crippen LogP) is 2.39. The van der Waals surface area contributed by atoms with Gasteiger partial charge < -0.3 is 19.6 Å². The quantitative estimate of drug-likeness (QED) is 0.0156. The summed E-state index contributed by atoms with van der Waals surface area (Å²) in [6.07, 6.45) is 10.5. The Morgan fingerprint density at radius 2 is 0.700 bits per heavy atom. The van der Waals surface area contributed by atoms with Crippen LogP contribution in [0.4, 0.5) is 74.3 Å². The average Bonchev–Trinajstić information content (AvgIpc) is 0.823. The number of rotatable bonds is 31. The van der Waals surface area contributed by atoms with Crippen molar-refractivity contribution >= 4 is 166 Å². The third kappa shape index (κ3) is 109. The second-order valence-electron chi connectivity index (χ2n) is 13.1. The Kier molecular flexibility index (Phi) is 54.5. The van der Waals surface area contributed by atoms with E-state index < -0.39 is 204 Å². The lowest BCUT2D eigenvalue weighted by Gasteiger charge is -2.12. The molecule has 0 saturated carbocycles. The van der Waals surface area contributed by atoms with Crippen LogP contribution in [-0.2, 0) is 166 Å². The van der Waals surface area contributed by atoms with Crippen molar-refractivity contribution in [1.82, 2.24) is 40.1 Å². The molecule has 0 aromatic carbocycles. The van der Waals surface area contributed by atoms with Crippen molar-refractivity contribution in [2.75, 3.05) is 33.5 Å². The summed E-state index contributed by atoms with van der Waals surface area (Å²) in [6.45, 7) is 6.61. The fourth-order valence-corrected chi connectivity index (χ4v) is 15.1. The van der Waals surface area contributed by atoms with Gasteiger partial charge in [-0.3, -0.25) is 21.9 Å². The SMILES string of the molecule is C#CCOP(=O)(F)NP(=O)(O)F.C#CCOS(=O)(=O)NS(=O)(=O)F.C=CCOP(=O)(F)NP(=O)(O)F.C=CCOS(=O)(=O)NS(=O)(=O)F.CC(C)OP(=O)(F)NP(=O)(O)F.COS(=O)(=O)NS(=O)(=O)F.O=P(O)(F)NP(=O)(F)F.O=S(=O)(F)NS(=O)(=O)C(F)(F)F.O=S(=O)(F)NS(=O)(=O)F. The highest BCUT2D eigenvalue weighted by molar-refractivity contribution is 8.03. The molecular weight excluding hydrogens is 1850 g/mol. The molecule has 0 aliphatic heterocycles. The van der Waals surface area contributed by atoms with Gasteiger partial charge in [-0.2, -0.15) is 88.9 Å². The lowest BCUT2D eigenvalue weighted by Crippen LogP contribution is -2.38. The van der Waals surface area contributed by atoms with Gasteiger partial charge in [-0.15, -0.1) is 83.2 Å². The molecule has 100 heavy (non-hydrogen) atoms. The molecule has 47 nitrogen and oxygen atoms in total. The van der Waals surface area contributed by atoms with Crippen molar-refractivity contribution in [3.8, 4) is 24.7 Å². The zero-order chi connectivity index (χ0) is 83.3. The first-order chi connectivity index (χ1) is 42.8. The molecular formula is C17H39F18N9O38P8S10. The summed E-state index contributed by atoms with van der Waals surface area (Å²) in [5, 5.41) is 0. The Balaban J connectivity index is -0.000000133. The zero-order valence-corrected chi connectivity index (χ0v) is 61.6. The van der Waals surface area contributed by atoms with Crippen LogP contribution in [-0.4, -0.2) is 149 Å². The number of halogens is 18. The first-order valence-electron chi connectivity index (χ1n) is 19.6. The van der Waals surface area contributed by atoms with Crippen molar-refractivity contribution in [2.24, 2.45) is 0 Å². The molecule has 0 bridgehead atoms. The van der Waals surface area contributed by atoms with Crippen LogP contribution in [0, 0.1) is 24.7 Å². The Morgan fingerprint density at radius 3 is 0.890 bits per heavy atom. The molecule has 0 spiro atoms. The first-order valence-corrected chi connectivity index (χ1v) is 45.8. The Labute approximate surface area is 553 Å². The van der Waals surface area contributed by atoms with E-state index in [1.165, 1.54) is 13.8 Å². The molecule has 0 aliphatic rings. The van der Waals surface area contributed by atoms with Gasteiger partial charge in [-0.25, -0.2) is 49.1 Å². The van der Waals surface area contributed by atoms with Crippen molar-refractivity contribution in [3.05, 3.63) is 25.3 Å². The fraction of sp³-hybridized carbons (Fsp3) is 0.529. The van der Waals surface area contributed by atoms with Gasteiger partial charge in [0.05, 0.1) is 26.4 Å². The Hall–Kier alpha value is -2.08. The maximum absolute atomic E-state index is 12.5. The molecule has 83 heteroatoms. The molecule has 0 heterocycles. The summed E-state index contributed by atoms with van der Waals surface area (Å²) in [6, 6.07) is 0. The Morgan fingerprint density at radius 1 is 0.430 bits per heavy atom. The summed E-state index contributed by atoms with van der Waals surface area (Å²) >= 11 is 0. The summed E-state index contributed by atoms with van der Waals surface area (Å²) in [5.74, 6) is 3.49. The van der Waals surface area contributed by atoms with Crippen LogP contribution >= 0.6 is 62.7 Å². The highest BCUT2D eigenvalue weighted by Gasteiger charge is 2.48. The lowest BCUT2D eigenvalue weighted by molar-refractivity contribution is -0.0442. The summed E-state index contributed by atoms with van der Waals surface area (Å²) < 4.78 is 507. The molecule has 0 fully saturated rings. The predicted molar refractivity (Wildman–Crippen MR) is 295 cm³/mol. The third-order valence-corrected chi connectivity index (χ3v) is 23.6. The highest BCUT2D eigenvalue weighted by atomic mass is 32.3. The third-order valence-electron chi connectivity index (χ3n) is 4.16. The van der Waals surface area contributed by atoms with Crippen molar-refractivity contribution in [3.63, 3.8) is 0 Å². The lowest BCUT2D eigenvalue weighted by atomic mass is 10.5. The van der Waals surface area contributed by atoms with Gasteiger partial charge in [-0.05, 0) is 13.8 Å². The molecule has 0 rings (SSSR count). The number of alkyl halides is 3. The van der Waals surface area contributed by atoms with Crippen molar-refractivity contribution in [2.45, 2.75) is 25.5 Å². The normalized spacial score (nSPS) is 16.6. The molecule has 0 aromatic heterocycles. The van der Waals surface area contributed by atoms with Crippen molar-refractivity contribution in [1.29, 1.82) is 0 Å². The molecule has 7 atom stereocenters. The maximum Gasteiger partial charge on any atom is 0.512 e. The van der Waals surface area contributed by atoms with Gasteiger partial charge in [0.1, 0.15) is 13.2 Å². The smallest absolute Gasteiger partial charge is 0.309 e. The van der Waals surface area contributed by atoms with Crippen LogP contribution in [0.25, 0.3) is 0 Å². The summed E-state index contributed by atoms with van der Waals surface area (Å²) in [7, 11) is -94.8. The highest BCUT2D eigenvalue weighted by Crippen LogP contribution is 2.58. The molecule has 0 amide bonds. The van der Waals surface area contributed by atoms with Crippen LogP contribution in [0.15, 0.2) is 25.3 Å². The minimum absolute atomic E-state index is 0.0694. The second-order valence-corrected chi connectivity index (χ2v) is 38.4. The minimum Gasteiger partial charge on any atom is -0.309 e. The molecule has 0 radical (unpaired) electrons. The van der Waals surface area contributed by atoms with Gasteiger partial charge in [-0.1, -0.05) is 67.9 Å². The van der Waals surface area contributed by atoms with Crippen LogP contribution < -0.4 is 40.1 Å². The Bertz CT molecular complexity index is 4290. The molecule has 7 unspecified atom stereocenters. The first kappa shape index (κ1) is 116. The summed E-state index contributed by atoms with van der Waals surface area (Å²) in [4.78, 5) is 33.4. The van der Waals surface area contributed by atoms with E-state index >= 15 is 0 Å². The molecule has 13 N–H and O–H groups in total. The van der Waals surface area contributed by atoms with E-state index in [-0.39, 0.29) is 13.1 Å². The number of hydrogen-bond acceptors (Lipinski definition) is 34. The average molecular weight is 1890 g/mol. The minimum atomic E-state index is -6.17. The van der Waals surface area contributed by atoms with Crippen LogP contribution in [0.3, 0.4) is 0 Å². The van der Waals surface area contributed by atoms with E-state index in [1.807, 2.05) is 0 Å². The van der Waals surface area contributed by atoms with Crippen molar-refractivity contribution < 1.29 is 241 Å². The maximum atomic E-state index is 12.5. The molecule has 0 saturated heterocycles. The van der Waals surface area contributed by atoms with Gasteiger partial charge in [0.25, 0.3) is 0 Å². The second kappa shape index (κ2) is 46.9. The monoisotopic (exact) mass is 1890 g/mol. The number of hydrogen-bond donors (Lipinski definition) is 13. The van der Waals surface area contributed by atoms with Crippen LogP contribution in [0.1, 0.15) is 13.8 Å². The van der Waals surface area contributed by atoms with Gasteiger partial charge in [0.15, 0.2) is 0 Å². The molecule has 0 aliphatic carbocycles. The van der Waals surface area contributed by atoms with E-state index in [1.54, 1.807) is 11.8 Å². The number of sulfonamides is 1. The van der Waals surface area contributed by atoms with Gasteiger partial charge in [0, 0.05) is 0 Å².